The van der Waals surface area contributed by atoms with Gasteiger partial charge >= 0.3 is 0 Å². The van der Waals surface area contributed by atoms with Crippen molar-refractivity contribution < 1.29 is 13.6 Å². The van der Waals surface area contributed by atoms with Crippen molar-refractivity contribution in [1.82, 2.24) is 5.32 Å². The summed E-state index contributed by atoms with van der Waals surface area (Å²) < 4.78 is 26.8. The molecule has 1 aliphatic rings. The summed E-state index contributed by atoms with van der Waals surface area (Å²) in [4.78, 5) is 12.4. The van der Waals surface area contributed by atoms with E-state index in [9.17, 15) is 13.6 Å². The van der Waals surface area contributed by atoms with Crippen LogP contribution in [0.3, 0.4) is 0 Å². The highest BCUT2D eigenvalue weighted by Crippen LogP contribution is 2.27. The lowest BCUT2D eigenvalue weighted by molar-refractivity contribution is -0.118. The van der Waals surface area contributed by atoms with Crippen LogP contribution in [0.5, 0.6) is 0 Å². The molecule has 18 heavy (non-hydrogen) atoms. The minimum atomic E-state index is -0.930. The first kappa shape index (κ1) is 12.5. The van der Waals surface area contributed by atoms with Gasteiger partial charge in [0.25, 0.3) is 5.91 Å². The Morgan fingerprint density at radius 1 is 1.33 bits per heavy atom. The number of benzene rings is 1. The van der Waals surface area contributed by atoms with Crippen LogP contribution in [-0.4, -0.2) is 11.4 Å². The molecule has 0 saturated heterocycles. The van der Waals surface area contributed by atoms with Crippen molar-refractivity contribution >= 4 is 24.2 Å². The summed E-state index contributed by atoms with van der Waals surface area (Å²) in [6.07, 6.45) is 0. The third-order valence-electron chi connectivity index (χ3n) is 2.45. The number of hydrogen-bond donors (Lipinski definition) is 4. The molecule has 0 radical (unpaired) electrons. The van der Waals surface area contributed by atoms with E-state index in [0.29, 0.717) is 0 Å². The summed E-state index contributed by atoms with van der Waals surface area (Å²) >= 11 is 4.04. The van der Waals surface area contributed by atoms with Gasteiger partial charge in [-0.15, -0.1) is 12.6 Å². The molecule has 2 rings (SSSR count). The molecule has 5 N–H and O–H groups in total. The molecule has 1 heterocycles. The SMILES string of the molecule is NC1=C(N)N(c2cc(F)ccc2F)C(S)NC1=O. The van der Waals surface area contributed by atoms with Crippen LogP contribution in [0.2, 0.25) is 0 Å². The number of carbonyl (C=O) groups excluding carboxylic acids is 1. The van der Waals surface area contributed by atoms with E-state index in [0.717, 1.165) is 23.1 Å². The van der Waals surface area contributed by atoms with E-state index >= 15 is 0 Å². The Kier molecular flexibility index (Phi) is 3.04. The predicted molar refractivity (Wildman–Crippen MR) is 65.2 cm³/mol. The molecule has 1 aromatic rings. The minimum Gasteiger partial charge on any atom is -0.391 e. The largest absolute Gasteiger partial charge is 0.391 e. The second-order valence-corrected chi connectivity index (χ2v) is 4.10. The zero-order valence-electron chi connectivity index (χ0n) is 9.02. The van der Waals surface area contributed by atoms with Gasteiger partial charge in [-0.25, -0.2) is 8.78 Å². The lowest BCUT2D eigenvalue weighted by Gasteiger charge is -2.35. The number of rotatable bonds is 1. The maximum absolute atomic E-state index is 13.7. The van der Waals surface area contributed by atoms with Crippen molar-refractivity contribution in [3.63, 3.8) is 0 Å². The molecule has 1 unspecified atom stereocenters. The summed E-state index contributed by atoms with van der Waals surface area (Å²) in [5, 5.41) is 2.35. The third kappa shape index (κ3) is 1.94. The second-order valence-electron chi connectivity index (χ2n) is 3.61. The van der Waals surface area contributed by atoms with Crippen LogP contribution in [0.25, 0.3) is 0 Å². The van der Waals surface area contributed by atoms with Gasteiger partial charge < -0.3 is 16.8 Å². The average molecular weight is 272 g/mol. The molecular formula is C10H10F2N4OS. The van der Waals surface area contributed by atoms with Crippen molar-refractivity contribution in [3.05, 3.63) is 41.4 Å². The van der Waals surface area contributed by atoms with Crippen LogP contribution in [0, 0.1) is 11.6 Å². The number of anilines is 1. The first-order chi connectivity index (χ1) is 8.41. The van der Waals surface area contributed by atoms with Crippen LogP contribution >= 0.6 is 12.6 Å². The zero-order chi connectivity index (χ0) is 13.4. The molecule has 0 saturated carbocycles. The molecule has 5 nitrogen and oxygen atoms in total. The lowest BCUT2D eigenvalue weighted by Crippen LogP contribution is -2.54. The normalized spacial score (nSPS) is 20.1. The van der Waals surface area contributed by atoms with Crippen LogP contribution in [0.1, 0.15) is 0 Å². The molecule has 0 fully saturated rings. The minimum absolute atomic E-state index is 0.157. The van der Waals surface area contributed by atoms with Gasteiger partial charge in [0.1, 0.15) is 23.2 Å². The Morgan fingerprint density at radius 3 is 2.67 bits per heavy atom. The zero-order valence-corrected chi connectivity index (χ0v) is 9.92. The molecule has 96 valence electrons. The number of nitrogens with zero attached hydrogens (tertiary/aromatic N) is 1. The monoisotopic (exact) mass is 272 g/mol. The van der Waals surface area contributed by atoms with Crippen molar-refractivity contribution in [2.45, 2.75) is 5.50 Å². The van der Waals surface area contributed by atoms with E-state index in [1.165, 1.54) is 0 Å². The summed E-state index contributed by atoms with van der Waals surface area (Å²) in [6.45, 7) is 0. The van der Waals surface area contributed by atoms with Crippen LogP contribution < -0.4 is 21.7 Å². The molecule has 1 aromatic carbocycles. The Labute approximate surface area is 107 Å². The van der Waals surface area contributed by atoms with E-state index in [1.807, 2.05) is 0 Å². The smallest absolute Gasteiger partial charge is 0.273 e. The van der Waals surface area contributed by atoms with Gasteiger partial charge in [0.2, 0.25) is 0 Å². The number of thiol groups is 1. The fourth-order valence-electron chi connectivity index (χ4n) is 1.57. The number of halogens is 2. The second kappa shape index (κ2) is 4.37. The summed E-state index contributed by atoms with van der Waals surface area (Å²) in [6, 6.07) is 2.86. The first-order valence-corrected chi connectivity index (χ1v) is 5.42. The van der Waals surface area contributed by atoms with Crippen LogP contribution in [0.4, 0.5) is 14.5 Å². The molecule has 8 heteroatoms. The lowest BCUT2D eigenvalue weighted by atomic mass is 10.2. The third-order valence-corrected chi connectivity index (χ3v) is 2.81. The first-order valence-electron chi connectivity index (χ1n) is 4.90. The highest BCUT2D eigenvalue weighted by atomic mass is 32.1. The van der Waals surface area contributed by atoms with Crippen LogP contribution in [0.15, 0.2) is 29.7 Å². The van der Waals surface area contributed by atoms with Crippen molar-refractivity contribution in [2.75, 3.05) is 4.90 Å². The highest BCUT2D eigenvalue weighted by Gasteiger charge is 2.31. The molecule has 1 amide bonds. The van der Waals surface area contributed by atoms with Crippen LogP contribution in [-0.2, 0) is 4.79 Å². The van der Waals surface area contributed by atoms with E-state index < -0.39 is 23.0 Å². The molecule has 0 bridgehead atoms. The Bertz CT molecular complexity index is 549. The van der Waals surface area contributed by atoms with Gasteiger partial charge in [0, 0.05) is 6.07 Å². The Balaban J connectivity index is 2.55. The molecule has 0 spiro atoms. The number of amides is 1. The maximum Gasteiger partial charge on any atom is 0.273 e. The number of hydrogen-bond acceptors (Lipinski definition) is 5. The predicted octanol–water partition coefficient (Wildman–Crippen LogP) is 0.201. The molecule has 1 aliphatic heterocycles. The van der Waals surface area contributed by atoms with Gasteiger partial charge in [-0.3, -0.25) is 9.69 Å². The molecule has 1 atom stereocenters. The van der Waals surface area contributed by atoms with Crippen molar-refractivity contribution in [1.29, 1.82) is 0 Å². The standard InChI is InChI=1S/C10H10F2N4OS/c11-4-1-2-5(12)6(3-4)16-8(14)7(13)9(17)15-10(16)18/h1-3,10,18H,13-14H2,(H,15,17). The Morgan fingerprint density at radius 2 is 2.00 bits per heavy atom. The quantitative estimate of drug-likeness (QED) is 0.550. The fourth-order valence-corrected chi connectivity index (χ4v) is 1.94. The summed E-state index contributed by atoms with van der Waals surface area (Å²) in [5.41, 5.74) is 9.73. The summed E-state index contributed by atoms with van der Waals surface area (Å²) in [5.74, 6) is -2.14. The topological polar surface area (TPSA) is 84.4 Å². The fraction of sp³-hybridized carbons (Fsp3) is 0.100. The number of carbonyl (C=O) groups is 1. The van der Waals surface area contributed by atoms with Gasteiger partial charge in [0.15, 0.2) is 5.50 Å². The van der Waals surface area contributed by atoms with Gasteiger partial charge in [-0.1, -0.05) is 0 Å². The molecule has 0 aromatic heterocycles. The van der Waals surface area contributed by atoms with Gasteiger partial charge in [-0.05, 0) is 12.1 Å². The van der Waals surface area contributed by atoms with E-state index in [1.54, 1.807) is 0 Å². The number of nitrogens with one attached hydrogen (secondary N) is 1. The van der Waals surface area contributed by atoms with E-state index in [2.05, 4.69) is 17.9 Å². The van der Waals surface area contributed by atoms with Crippen molar-refractivity contribution in [3.8, 4) is 0 Å². The van der Waals surface area contributed by atoms with Crippen molar-refractivity contribution in [2.24, 2.45) is 11.5 Å². The van der Waals surface area contributed by atoms with Gasteiger partial charge in [0.05, 0.1) is 5.69 Å². The van der Waals surface area contributed by atoms with E-state index in [-0.39, 0.29) is 17.2 Å². The Hall–Kier alpha value is -1.96. The molecular weight excluding hydrogens is 262 g/mol. The number of nitrogens with two attached hydrogens (primary N) is 2. The summed E-state index contributed by atoms with van der Waals surface area (Å²) in [7, 11) is 0. The average Bonchev–Trinajstić information content (AvgIpc) is 2.31. The van der Waals surface area contributed by atoms with E-state index in [4.69, 9.17) is 11.5 Å². The molecule has 0 aliphatic carbocycles. The maximum atomic E-state index is 13.7. The van der Waals surface area contributed by atoms with Gasteiger partial charge in [-0.2, -0.15) is 0 Å². The highest BCUT2D eigenvalue weighted by molar-refractivity contribution is 7.81.